The van der Waals surface area contributed by atoms with E-state index in [2.05, 4.69) is 5.32 Å². The summed E-state index contributed by atoms with van der Waals surface area (Å²) in [5.74, 6) is -0.291. The lowest BCUT2D eigenvalue weighted by Gasteiger charge is -2.31. The molecule has 1 atom stereocenters. The predicted octanol–water partition coefficient (Wildman–Crippen LogP) is 4.50. The second-order valence-corrected chi connectivity index (χ2v) is 8.88. The predicted molar refractivity (Wildman–Crippen MR) is 132 cm³/mol. The minimum atomic E-state index is -0.672. The minimum Gasteiger partial charge on any atom is -0.490 e. The molecule has 2 aromatic rings. The molecule has 0 radical (unpaired) electrons. The van der Waals surface area contributed by atoms with Crippen LogP contribution in [0, 0.1) is 10.1 Å². The summed E-state index contributed by atoms with van der Waals surface area (Å²) in [6.07, 6.45) is 4.49. The van der Waals surface area contributed by atoms with Crippen LogP contribution >= 0.6 is 11.6 Å². The maximum atomic E-state index is 13.3. The molecule has 1 saturated carbocycles. The van der Waals surface area contributed by atoms with Gasteiger partial charge >= 0.3 is 5.69 Å². The zero-order valence-corrected chi connectivity index (χ0v) is 20.6. The van der Waals surface area contributed by atoms with E-state index in [-0.39, 0.29) is 48.2 Å². The van der Waals surface area contributed by atoms with Crippen molar-refractivity contribution in [2.24, 2.45) is 0 Å². The van der Waals surface area contributed by atoms with E-state index in [0.717, 1.165) is 31.2 Å². The number of nitro groups is 1. The Hall–Kier alpha value is -3.33. The normalized spacial score (nSPS) is 14.3. The van der Waals surface area contributed by atoms with Crippen LogP contribution in [-0.2, 0) is 16.1 Å². The summed E-state index contributed by atoms with van der Waals surface area (Å²) >= 11 is 6.00. The SMILES string of the molecule is CC[C@H](C(=O)NC1CCCC1)N(Cc1ccc(Cl)cc1)C(=O)COc1ccc([N+](=O)[O-])c(OC)c1. The van der Waals surface area contributed by atoms with Crippen LogP contribution in [0.5, 0.6) is 11.5 Å². The molecule has 1 aliphatic carbocycles. The molecule has 0 aliphatic heterocycles. The minimum absolute atomic E-state index is 0.0281. The van der Waals surface area contributed by atoms with Crippen LogP contribution in [0.4, 0.5) is 5.69 Å². The molecule has 1 fully saturated rings. The number of hydrogen-bond acceptors (Lipinski definition) is 6. The summed E-state index contributed by atoms with van der Waals surface area (Å²) in [7, 11) is 1.32. The summed E-state index contributed by atoms with van der Waals surface area (Å²) in [5, 5.41) is 14.8. The molecule has 2 aromatic carbocycles. The third kappa shape index (κ3) is 7.08. The average molecular weight is 504 g/mol. The molecule has 3 rings (SSSR count). The quantitative estimate of drug-likeness (QED) is 0.357. The van der Waals surface area contributed by atoms with Gasteiger partial charge in [0.2, 0.25) is 11.7 Å². The first-order valence-electron chi connectivity index (χ1n) is 11.6. The van der Waals surface area contributed by atoms with Crippen molar-refractivity contribution in [1.29, 1.82) is 0 Å². The number of nitro benzene ring substituents is 1. The number of carbonyl (C=O) groups excluding carboxylic acids is 2. The fourth-order valence-electron chi connectivity index (χ4n) is 4.20. The summed E-state index contributed by atoms with van der Waals surface area (Å²) in [4.78, 5) is 38.5. The average Bonchev–Trinajstić information content (AvgIpc) is 3.36. The number of benzene rings is 2. The van der Waals surface area contributed by atoms with Crippen molar-refractivity contribution < 1.29 is 24.0 Å². The Morgan fingerprint density at radius 3 is 2.49 bits per heavy atom. The van der Waals surface area contributed by atoms with Crippen molar-refractivity contribution in [1.82, 2.24) is 10.2 Å². The van der Waals surface area contributed by atoms with Crippen LogP contribution in [0.3, 0.4) is 0 Å². The molecule has 0 bridgehead atoms. The van der Waals surface area contributed by atoms with Gasteiger partial charge in [0.05, 0.1) is 12.0 Å². The van der Waals surface area contributed by atoms with Gasteiger partial charge in [-0.1, -0.05) is 43.5 Å². The van der Waals surface area contributed by atoms with Crippen molar-refractivity contribution in [3.05, 3.63) is 63.2 Å². The van der Waals surface area contributed by atoms with E-state index in [4.69, 9.17) is 21.1 Å². The lowest BCUT2D eigenvalue weighted by molar-refractivity contribution is -0.385. The number of ether oxygens (including phenoxy) is 2. The number of hydrogen-bond donors (Lipinski definition) is 1. The molecule has 0 saturated heterocycles. The van der Waals surface area contributed by atoms with E-state index >= 15 is 0 Å². The van der Waals surface area contributed by atoms with E-state index in [0.29, 0.717) is 11.4 Å². The summed E-state index contributed by atoms with van der Waals surface area (Å²) < 4.78 is 10.7. The lowest BCUT2D eigenvalue weighted by atomic mass is 10.1. The van der Waals surface area contributed by atoms with Gasteiger partial charge in [0.1, 0.15) is 11.8 Å². The van der Waals surface area contributed by atoms with Crippen LogP contribution in [0.2, 0.25) is 5.02 Å². The molecule has 1 N–H and O–H groups in total. The van der Waals surface area contributed by atoms with Crippen molar-refractivity contribution in [3.8, 4) is 11.5 Å². The molecule has 10 heteroatoms. The number of carbonyl (C=O) groups is 2. The van der Waals surface area contributed by atoms with Gasteiger partial charge in [0.15, 0.2) is 6.61 Å². The Balaban J connectivity index is 1.77. The molecule has 35 heavy (non-hydrogen) atoms. The zero-order valence-electron chi connectivity index (χ0n) is 19.9. The topological polar surface area (TPSA) is 111 Å². The van der Waals surface area contributed by atoms with Crippen LogP contribution in [0.25, 0.3) is 0 Å². The van der Waals surface area contributed by atoms with Gasteiger partial charge in [-0.05, 0) is 43.0 Å². The van der Waals surface area contributed by atoms with Crippen molar-refractivity contribution in [2.45, 2.75) is 57.7 Å². The molecule has 188 valence electrons. The Bertz CT molecular complexity index is 1040. The highest BCUT2D eigenvalue weighted by Gasteiger charge is 2.31. The fraction of sp³-hybridized carbons (Fsp3) is 0.440. The standard InChI is InChI=1S/C25H30ClN3O6/c1-3-21(25(31)27-19-6-4-5-7-19)28(15-17-8-10-18(26)11-9-17)24(30)16-35-20-12-13-22(29(32)33)23(14-20)34-2/h8-14,19,21H,3-7,15-16H2,1-2H3,(H,27,31)/t21-/m1/s1. The van der Waals surface area contributed by atoms with E-state index in [9.17, 15) is 19.7 Å². The van der Waals surface area contributed by atoms with Gasteiger partial charge in [0.25, 0.3) is 5.91 Å². The largest absolute Gasteiger partial charge is 0.490 e. The third-order valence-electron chi connectivity index (χ3n) is 6.06. The number of nitrogens with zero attached hydrogens (tertiary/aromatic N) is 2. The Kier molecular flexibility index (Phi) is 9.31. The first-order valence-corrected chi connectivity index (χ1v) is 12.0. The van der Waals surface area contributed by atoms with Crippen LogP contribution in [0.1, 0.15) is 44.6 Å². The molecular weight excluding hydrogens is 474 g/mol. The molecule has 1 aliphatic rings. The molecule has 9 nitrogen and oxygen atoms in total. The van der Waals surface area contributed by atoms with E-state index in [1.54, 1.807) is 12.1 Å². The van der Waals surface area contributed by atoms with Crippen molar-refractivity contribution >= 4 is 29.1 Å². The molecule has 0 aromatic heterocycles. The molecule has 2 amide bonds. The Morgan fingerprint density at radius 2 is 1.89 bits per heavy atom. The second-order valence-electron chi connectivity index (χ2n) is 8.44. The number of nitrogens with one attached hydrogen (secondary N) is 1. The monoisotopic (exact) mass is 503 g/mol. The fourth-order valence-corrected chi connectivity index (χ4v) is 4.33. The summed E-state index contributed by atoms with van der Waals surface area (Å²) in [5.41, 5.74) is 0.622. The molecule has 0 spiro atoms. The Morgan fingerprint density at radius 1 is 1.20 bits per heavy atom. The number of methoxy groups -OCH3 is 1. The van der Waals surface area contributed by atoms with Gasteiger partial charge in [-0.15, -0.1) is 0 Å². The maximum Gasteiger partial charge on any atom is 0.311 e. The molecule has 0 unspecified atom stereocenters. The third-order valence-corrected chi connectivity index (χ3v) is 6.32. The number of rotatable bonds is 11. The highest BCUT2D eigenvalue weighted by Crippen LogP contribution is 2.31. The second kappa shape index (κ2) is 12.4. The van der Waals surface area contributed by atoms with Crippen LogP contribution in [-0.4, -0.2) is 47.4 Å². The van der Waals surface area contributed by atoms with Gasteiger partial charge in [-0.3, -0.25) is 19.7 Å². The Labute approximate surface area is 209 Å². The van der Waals surface area contributed by atoms with Crippen LogP contribution < -0.4 is 14.8 Å². The van der Waals surface area contributed by atoms with Crippen molar-refractivity contribution in [2.75, 3.05) is 13.7 Å². The van der Waals surface area contributed by atoms with Gasteiger partial charge in [-0.25, -0.2) is 0 Å². The molecule has 0 heterocycles. The maximum absolute atomic E-state index is 13.3. The van der Waals surface area contributed by atoms with Crippen LogP contribution in [0.15, 0.2) is 42.5 Å². The van der Waals surface area contributed by atoms with E-state index in [1.807, 2.05) is 19.1 Å². The molecular formula is C25H30ClN3O6. The van der Waals surface area contributed by atoms with E-state index < -0.39 is 11.0 Å². The first-order chi connectivity index (χ1) is 16.8. The number of amides is 2. The van der Waals surface area contributed by atoms with Crippen molar-refractivity contribution in [3.63, 3.8) is 0 Å². The highest BCUT2D eigenvalue weighted by atomic mass is 35.5. The van der Waals surface area contributed by atoms with Gasteiger partial charge in [-0.2, -0.15) is 0 Å². The summed E-state index contributed by atoms with van der Waals surface area (Å²) in [6.45, 7) is 1.73. The van der Waals surface area contributed by atoms with Gasteiger partial charge < -0.3 is 19.7 Å². The number of halogens is 1. The summed E-state index contributed by atoms with van der Waals surface area (Å²) in [6, 6.07) is 10.6. The lowest BCUT2D eigenvalue weighted by Crippen LogP contribution is -2.52. The zero-order chi connectivity index (χ0) is 25.4. The van der Waals surface area contributed by atoms with Gasteiger partial charge in [0, 0.05) is 29.7 Å². The highest BCUT2D eigenvalue weighted by molar-refractivity contribution is 6.30. The smallest absolute Gasteiger partial charge is 0.311 e. The van der Waals surface area contributed by atoms with E-state index in [1.165, 1.54) is 30.2 Å². The first kappa shape index (κ1) is 26.3.